The summed E-state index contributed by atoms with van der Waals surface area (Å²) in [6.45, 7) is 4.63. The molecule has 0 aliphatic carbocycles. The second-order valence-corrected chi connectivity index (χ2v) is 7.95. The fourth-order valence-corrected chi connectivity index (χ4v) is 4.27. The van der Waals surface area contributed by atoms with Crippen molar-refractivity contribution in [3.05, 3.63) is 76.5 Å². The lowest BCUT2D eigenvalue weighted by Crippen LogP contribution is -2.31. The Morgan fingerprint density at radius 3 is 2.71 bits per heavy atom. The fourth-order valence-electron chi connectivity index (χ4n) is 4.27. The molecule has 2 heterocycles. The van der Waals surface area contributed by atoms with Gasteiger partial charge in [-0.3, -0.25) is 9.59 Å². The molecule has 31 heavy (non-hydrogen) atoms. The van der Waals surface area contributed by atoms with E-state index in [0.717, 1.165) is 27.6 Å². The van der Waals surface area contributed by atoms with Crippen LogP contribution in [0.5, 0.6) is 0 Å². The first-order valence-corrected chi connectivity index (χ1v) is 10.3. The highest BCUT2D eigenvalue weighted by Crippen LogP contribution is 2.42. The molecule has 0 bridgehead atoms. The number of aryl methyl sites for hydroxylation is 2. The number of Topliss-reactive ketones (excluding diaryl/α,β-unsaturated/α-hetero) is 1. The Balaban J connectivity index is 1.92. The molecule has 6 nitrogen and oxygen atoms in total. The topological polar surface area (TPSA) is 82.6 Å². The van der Waals surface area contributed by atoms with Crippen LogP contribution in [-0.4, -0.2) is 46.9 Å². The second kappa shape index (κ2) is 8.40. The van der Waals surface area contributed by atoms with Gasteiger partial charge in [-0.05, 0) is 38.0 Å². The average Bonchev–Trinajstić information content (AvgIpc) is 3.29. The third kappa shape index (κ3) is 3.64. The van der Waals surface area contributed by atoms with E-state index >= 15 is 0 Å². The normalized spacial score (nSPS) is 18.3. The lowest BCUT2D eigenvalue weighted by atomic mass is 9.93. The summed E-state index contributed by atoms with van der Waals surface area (Å²) >= 11 is 0. The molecular formula is C25H26N2O4. The van der Waals surface area contributed by atoms with E-state index in [1.807, 2.05) is 62.5 Å². The van der Waals surface area contributed by atoms with Crippen molar-refractivity contribution in [2.75, 3.05) is 20.3 Å². The SMILES string of the molecule is COCCCN1C(=O)C(=O)/C(=C(/O)c2cc(C)ccc2C)C1c1c[nH]c2ccccc12. The summed E-state index contributed by atoms with van der Waals surface area (Å²) in [5, 5.41) is 12.2. The lowest BCUT2D eigenvalue weighted by Gasteiger charge is -2.25. The molecule has 1 aromatic heterocycles. The zero-order valence-electron chi connectivity index (χ0n) is 17.9. The summed E-state index contributed by atoms with van der Waals surface area (Å²) in [7, 11) is 1.60. The maximum absolute atomic E-state index is 13.2. The largest absolute Gasteiger partial charge is 0.507 e. The number of ketones is 1. The third-order valence-electron chi connectivity index (χ3n) is 5.85. The van der Waals surface area contributed by atoms with Gasteiger partial charge >= 0.3 is 0 Å². The van der Waals surface area contributed by atoms with Crippen molar-refractivity contribution < 1.29 is 19.4 Å². The van der Waals surface area contributed by atoms with Gasteiger partial charge in [-0.1, -0.05) is 35.9 Å². The van der Waals surface area contributed by atoms with Crippen LogP contribution in [0.2, 0.25) is 0 Å². The molecule has 1 aliphatic rings. The number of para-hydroxylation sites is 1. The number of carbonyl (C=O) groups excluding carboxylic acids is 2. The summed E-state index contributed by atoms with van der Waals surface area (Å²) in [5.41, 5.74) is 4.20. The third-order valence-corrected chi connectivity index (χ3v) is 5.85. The number of aromatic nitrogens is 1. The Labute approximate surface area is 181 Å². The van der Waals surface area contributed by atoms with Crippen LogP contribution in [0.15, 0.2) is 54.2 Å². The van der Waals surface area contributed by atoms with E-state index in [1.165, 1.54) is 0 Å². The van der Waals surface area contributed by atoms with Gasteiger partial charge in [0.15, 0.2) is 0 Å². The van der Waals surface area contributed by atoms with Gasteiger partial charge in [-0.15, -0.1) is 0 Å². The Kier molecular flexibility index (Phi) is 5.65. The summed E-state index contributed by atoms with van der Waals surface area (Å²) in [6, 6.07) is 12.8. The van der Waals surface area contributed by atoms with E-state index in [4.69, 9.17) is 4.74 Å². The van der Waals surface area contributed by atoms with Crippen LogP contribution in [0.4, 0.5) is 0 Å². The summed E-state index contributed by atoms with van der Waals surface area (Å²) < 4.78 is 5.14. The molecule has 0 radical (unpaired) electrons. The standard InChI is InChI=1S/C25H26N2O4/c1-15-9-10-16(2)18(13-15)23(28)21-22(19-14-26-20-8-5-4-7-17(19)20)27(11-6-12-31-3)25(30)24(21)29/h4-5,7-10,13-14,22,26,28H,6,11-12H2,1-3H3/b23-21+. The van der Waals surface area contributed by atoms with E-state index in [2.05, 4.69) is 4.98 Å². The number of ether oxygens (including phenoxy) is 1. The van der Waals surface area contributed by atoms with Gasteiger partial charge in [0.25, 0.3) is 11.7 Å². The molecule has 160 valence electrons. The minimum atomic E-state index is -0.673. The Bertz CT molecular complexity index is 1190. The van der Waals surface area contributed by atoms with Crippen molar-refractivity contribution in [1.82, 2.24) is 9.88 Å². The Morgan fingerprint density at radius 2 is 1.94 bits per heavy atom. The number of aliphatic hydroxyl groups is 1. The maximum Gasteiger partial charge on any atom is 0.295 e. The molecule has 6 heteroatoms. The number of benzene rings is 2. The lowest BCUT2D eigenvalue weighted by molar-refractivity contribution is -0.140. The zero-order valence-corrected chi connectivity index (χ0v) is 17.9. The molecule has 2 N–H and O–H groups in total. The van der Waals surface area contributed by atoms with E-state index in [9.17, 15) is 14.7 Å². The van der Waals surface area contributed by atoms with Gasteiger partial charge in [-0.2, -0.15) is 0 Å². The van der Waals surface area contributed by atoms with E-state index in [0.29, 0.717) is 25.1 Å². The number of nitrogens with zero attached hydrogens (tertiary/aromatic N) is 1. The average molecular weight is 418 g/mol. The number of hydrogen-bond acceptors (Lipinski definition) is 4. The van der Waals surface area contributed by atoms with Gasteiger partial charge in [0.1, 0.15) is 5.76 Å². The minimum absolute atomic E-state index is 0.126. The van der Waals surface area contributed by atoms with E-state index in [-0.39, 0.29) is 11.3 Å². The van der Waals surface area contributed by atoms with Gasteiger partial charge in [-0.25, -0.2) is 0 Å². The zero-order chi connectivity index (χ0) is 22.1. The molecule has 0 spiro atoms. The van der Waals surface area contributed by atoms with Gasteiger partial charge < -0.3 is 19.7 Å². The van der Waals surface area contributed by atoms with Crippen LogP contribution < -0.4 is 0 Å². The minimum Gasteiger partial charge on any atom is -0.507 e. The number of H-pyrrole nitrogens is 1. The first-order valence-electron chi connectivity index (χ1n) is 10.3. The molecule has 4 rings (SSSR count). The molecule has 1 saturated heterocycles. The molecule has 1 fully saturated rings. The van der Waals surface area contributed by atoms with Crippen LogP contribution in [0, 0.1) is 13.8 Å². The number of carbonyl (C=O) groups is 2. The molecule has 1 amide bonds. The number of likely N-dealkylation sites (tertiary alicyclic amines) is 1. The van der Waals surface area contributed by atoms with Crippen LogP contribution in [0.25, 0.3) is 16.7 Å². The number of methoxy groups -OCH3 is 1. The van der Waals surface area contributed by atoms with Crippen molar-refractivity contribution in [2.24, 2.45) is 0 Å². The summed E-state index contributed by atoms with van der Waals surface area (Å²) in [6.07, 6.45) is 2.41. The van der Waals surface area contributed by atoms with Crippen LogP contribution in [0.3, 0.4) is 0 Å². The molecule has 1 atom stereocenters. The number of nitrogens with one attached hydrogen (secondary N) is 1. The molecule has 0 saturated carbocycles. The molecule has 1 unspecified atom stereocenters. The van der Waals surface area contributed by atoms with E-state index in [1.54, 1.807) is 12.0 Å². The predicted molar refractivity (Wildman–Crippen MR) is 120 cm³/mol. The highest BCUT2D eigenvalue weighted by molar-refractivity contribution is 6.46. The van der Waals surface area contributed by atoms with Crippen molar-refractivity contribution in [3.8, 4) is 0 Å². The van der Waals surface area contributed by atoms with Crippen molar-refractivity contribution in [3.63, 3.8) is 0 Å². The smallest absolute Gasteiger partial charge is 0.295 e. The van der Waals surface area contributed by atoms with Crippen molar-refractivity contribution in [1.29, 1.82) is 0 Å². The maximum atomic E-state index is 13.2. The monoisotopic (exact) mass is 418 g/mol. The number of aromatic amines is 1. The highest BCUT2D eigenvalue weighted by atomic mass is 16.5. The van der Waals surface area contributed by atoms with Crippen LogP contribution >= 0.6 is 0 Å². The Hall–Kier alpha value is -3.38. The number of aliphatic hydroxyl groups excluding tert-OH is 1. The molecule has 3 aromatic rings. The van der Waals surface area contributed by atoms with Crippen molar-refractivity contribution >= 4 is 28.4 Å². The molecule has 1 aliphatic heterocycles. The van der Waals surface area contributed by atoms with Crippen LogP contribution in [-0.2, 0) is 14.3 Å². The quantitative estimate of drug-likeness (QED) is 0.271. The molecule has 2 aromatic carbocycles. The van der Waals surface area contributed by atoms with E-state index < -0.39 is 17.7 Å². The van der Waals surface area contributed by atoms with Gasteiger partial charge in [0.2, 0.25) is 0 Å². The van der Waals surface area contributed by atoms with Crippen molar-refractivity contribution in [2.45, 2.75) is 26.3 Å². The molecular weight excluding hydrogens is 392 g/mol. The number of rotatable bonds is 6. The number of amides is 1. The first-order chi connectivity index (χ1) is 14.9. The summed E-state index contributed by atoms with van der Waals surface area (Å²) in [4.78, 5) is 30.9. The number of fused-ring (bicyclic) bond motifs is 1. The van der Waals surface area contributed by atoms with Gasteiger partial charge in [0.05, 0.1) is 11.6 Å². The second-order valence-electron chi connectivity index (χ2n) is 7.95. The van der Waals surface area contributed by atoms with Gasteiger partial charge in [0, 0.05) is 48.5 Å². The predicted octanol–water partition coefficient (Wildman–Crippen LogP) is 4.24. The number of hydrogen-bond donors (Lipinski definition) is 2. The highest BCUT2D eigenvalue weighted by Gasteiger charge is 2.46. The first kappa shape index (κ1) is 20.9. The Morgan fingerprint density at radius 1 is 1.16 bits per heavy atom. The fraction of sp³-hybridized carbons (Fsp3) is 0.280. The summed E-state index contributed by atoms with van der Waals surface area (Å²) in [5.74, 6) is -1.39. The van der Waals surface area contributed by atoms with Crippen LogP contribution in [0.1, 0.15) is 34.7 Å².